The molecule has 0 aromatic carbocycles. The second kappa shape index (κ2) is 8.45. The molecular weight excluding hydrogens is 252 g/mol. The molecule has 4 unspecified atom stereocenters. The lowest BCUT2D eigenvalue weighted by Gasteiger charge is -2.30. The minimum atomic E-state index is -0.335. The van der Waals surface area contributed by atoms with Gasteiger partial charge in [0.2, 0.25) is 0 Å². The van der Waals surface area contributed by atoms with E-state index in [0.29, 0.717) is 17.9 Å². The Morgan fingerprint density at radius 2 is 1.79 bits per heavy atom. The van der Waals surface area contributed by atoms with Crippen molar-refractivity contribution in [1.29, 1.82) is 5.26 Å². The van der Waals surface area contributed by atoms with E-state index in [9.17, 15) is 0 Å². The highest BCUT2D eigenvalue weighted by molar-refractivity contribution is 7.82. The molecule has 0 aromatic heterocycles. The lowest BCUT2D eigenvalue weighted by molar-refractivity contribution is 0.351. The summed E-state index contributed by atoms with van der Waals surface area (Å²) in [4.78, 5) is 0. The van der Waals surface area contributed by atoms with E-state index < -0.39 is 0 Å². The molecule has 0 aliphatic carbocycles. The van der Waals surface area contributed by atoms with Gasteiger partial charge in [0.25, 0.3) is 0 Å². The number of rotatable bonds is 9. The van der Waals surface area contributed by atoms with Crippen molar-refractivity contribution < 1.29 is 0 Å². The summed E-state index contributed by atoms with van der Waals surface area (Å²) in [5.74, 6) is 0.825. The lowest BCUT2D eigenvalue weighted by atomic mass is 9.90. The number of hydrogen-bond acceptors (Lipinski definition) is 3. The second-order valence-electron chi connectivity index (χ2n) is 5.64. The summed E-state index contributed by atoms with van der Waals surface area (Å²) in [7, 11) is 0. The monoisotopic (exact) mass is 280 g/mol. The van der Waals surface area contributed by atoms with Crippen LogP contribution in [0.25, 0.3) is 0 Å². The first-order valence-electron chi connectivity index (χ1n) is 6.93. The van der Waals surface area contributed by atoms with E-state index in [1.807, 2.05) is 19.1 Å². The molecule has 0 aliphatic rings. The Kier molecular flexibility index (Phi) is 8.13. The molecule has 0 aliphatic heterocycles. The van der Waals surface area contributed by atoms with Gasteiger partial charge in [0.05, 0.1) is 10.8 Å². The van der Waals surface area contributed by atoms with Crippen LogP contribution in [0.4, 0.5) is 0 Å². The van der Waals surface area contributed by atoms with Crippen LogP contribution in [0, 0.1) is 29.1 Å². The normalized spacial score (nSPS) is 17.9. The summed E-state index contributed by atoms with van der Waals surface area (Å²) < 4.78 is -0.335. The molecule has 0 fully saturated rings. The van der Waals surface area contributed by atoms with Crippen molar-refractivity contribution >= 4 is 12.6 Å². The highest BCUT2D eigenvalue weighted by atomic mass is 32.1. The quantitative estimate of drug-likeness (QED) is 0.497. The van der Waals surface area contributed by atoms with E-state index in [1.54, 1.807) is 0 Å². The predicted octanol–water partition coefficient (Wildman–Crippen LogP) is 3.83. The van der Waals surface area contributed by atoms with Gasteiger partial charge < -0.3 is 5.32 Å². The highest BCUT2D eigenvalue weighted by Gasteiger charge is 2.25. The number of nitriles is 1. The van der Waals surface area contributed by atoms with Gasteiger partial charge in [-0.1, -0.05) is 26.0 Å². The Balaban J connectivity index is 4.24. The maximum Gasteiger partial charge on any atom is 0.0655 e. The first-order valence-corrected chi connectivity index (χ1v) is 7.38. The van der Waals surface area contributed by atoms with Gasteiger partial charge in [-0.25, -0.2) is 0 Å². The minimum absolute atomic E-state index is 0.104. The molecule has 0 radical (unpaired) electrons. The Morgan fingerprint density at radius 3 is 2.21 bits per heavy atom. The molecular formula is C16H28N2S. The summed E-state index contributed by atoms with van der Waals surface area (Å²) >= 11 is 4.61. The largest absolute Gasteiger partial charge is 0.314 e. The van der Waals surface area contributed by atoms with E-state index in [0.717, 1.165) is 13.0 Å². The first-order chi connectivity index (χ1) is 8.80. The maximum atomic E-state index is 8.90. The third-order valence-corrected chi connectivity index (χ3v) is 4.80. The van der Waals surface area contributed by atoms with E-state index in [1.165, 1.54) is 0 Å². The summed E-state index contributed by atoms with van der Waals surface area (Å²) in [5, 5.41) is 12.4. The summed E-state index contributed by atoms with van der Waals surface area (Å²) in [6.07, 6.45) is 4.67. The topological polar surface area (TPSA) is 35.8 Å². The van der Waals surface area contributed by atoms with Crippen molar-refractivity contribution in [3.8, 4) is 6.07 Å². The van der Waals surface area contributed by atoms with Gasteiger partial charge in [-0.3, -0.25) is 0 Å². The fraction of sp³-hybridized carbons (Fsp3) is 0.688. The van der Waals surface area contributed by atoms with Crippen molar-refractivity contribution in [2.24, 2.45) is 17.8 Å². The van der Waals surface area contributed by atoms with E-state index in [4.69, 9.17) is 5.26 Å². The molecule has 0 bridgehead atoms. The van der Waals surface area contributed by atoms with Crippen molar-refractivity contribution in [2.45, 2.75) is 44.9 Å². The van der Waals surface area contributed by atoms with Crippen LogP contribution in [0.1, 0.15) is 34.1 Å². The van der Waals surface area contributed by atoms with Crippen LogP contribution in [-0.2, 0) is 0 Å². The van der Waals surface area contributed by atoms with E-state index >= 15 is 0 Å². The van der Waals surface area contributed by atoms with Crippen LogP contribution in [0.2, 0.25) is 0 Å². The molecule has 0 saturated carbocycles. The zero-order chi connectivity index (χ0) is 15.1. The van der Waals surface area contributed by atoms with Gasteiger partial charge in [0, 0.05) is 12.0 Å². The summed E-state index contributed by atoms with van der Waals surface area (Å²) in [6.45, 7) is 16.9. The molecule has 1 N–H and O–H groups in total. The fourth-order valence-corrected chi connectivity index (χ4v) is 2.09. The second-order valence-corrected chi connectivity index (χ2v) is 6.41. The number of nitrogens with one attached hydrogen (secondary N) is 1. The van der Waals surface area contributed by atoms with Crippen molar-refractivity contribution in [1.82, 2.24) is 5.32 Å². The standard InChI is InChI=1S/C16H28N2S/c1-7-16(19,8-2)14(5)11-18-15(6)9-12(3)13(4)10-17/h7-8,12-15,18-19H,1-2,9,11H2,3-6H3. The van der Waals surface area contributed by atoms with Crippen molar-refractivity contribution in [3.63, 3.8) is 0 Å². The van der Waals surface area contributed by atoms with Crippen molar-refractivity contribution in [3.05, 3.63) is 25.3 Å². The van der Waals surface area contributed by atoms with E-state index in [-0.39, 0.29) is 10.7 Å². The Labute approximate surface area is 124 Å². The predicted molar refractivity (Wildman–Crippen MR) is 87.3 cm³/mol. The summed E-state index contributed by atoms with van der Waals surface area (Å²) in [6, 6.07) is 2.70. The maximum absolute atomic E-state index is 8.90. The van der Waals surface area contributed by atoms with Crippen LogP contribution >= 0.6 is 12.6 Å². The average Bonchev–Trinajstić information content (AvgIpc) is 2.42. The first kappa shape index (κ1) is 18.3. The molecule has 19 heavy (non-hydrogen) atoms. The van der Waals surface area contributed by atoms with Gasteiger partial charge in [-0.05, 0) is 38.6 Å². The third-order valence-electron chi connectivity index (χ3n) is 4.00. The molecule has 0 spiro atoms. The average molecular weight is 280 g/mol. The lowest BCUT2D eigenvalue weighted by Crippen LogP contribution is -2.38. The Bertz CT molecular complexity index is 324. The Hall–Kier alpha value is -0.720. The molecule has 0 heterocycles. The molecule has 108 valence electrons. The van der Waals surface area contributed by atoms with Gasteiger partial charge in [0.15, 0.2) is 0 Å². The SMILES string of the molecule is C=CC(S)(C=C)C(C)CNC(C)CC(C)C(C)C#N. The van der Waals surface area contributed by atoms with Crippen LogP contribution < -0.4 is 5.32 Å². The van der Waals surface area contributed by atoms with Crippen LogP contribution in [0.5, 0.6) is 0 Å². The number of nitrogens with zero attached hydrogens (tertiary/aromatic N) is 1. The molecule has 4 atom stereocenters. The Morgan fingerprint density at radius 1 is 1.26 bits per heavy atom. The molecule has 0 amide bonds. The molecule has 0 aromatic rings. The minimum Gasteiger partial charge on any atom is -0.314 e. The molecule has 2 nitrogen and oxygen atoms in total. The fourth-order valence-electron chi connectivity index (χ4n) is 2.00. The zero-order valence-electron chi connectivity index (χ0n) is 12.7. The highest BCUT2D eigenvalue weighted by Crippen LogP contribution is 2.27. The van der Waals surface area contributed by atoms with Crippen molar-refractivity contribution in [2.75, 3.05) is 6.54 Å². The number of hydrogen-bond donors (Lipinski definition) is 2. The van der Waals surface area contributed by atoms with E-state index in [2.05, 4.69) is 57.9 Å². The van der Waals surface area contributed by atoms with Crippen LogP contribution in [0.3, 0.4) is 0 Å². The zero-order valence-corrected chi connectivity index (χ0v) is 13.6. The number of thiol groups is 1. The van der Waals surface area contributed by atoms with Crippen LogP contribution in [-0.4, -0.2) is 17.3 Å². The molecule has 0 rings (SSSR count). The van der Waals surface area contributed by atoms with Gasteiger partial charge >= 0.3 is 0 Å². The van der Waals surface area contributed by atoms with Gasteiger partial charge in [-0.2, -0.15) is 17.9 Å². The van der Waals surface area contributed by atoms with Gasteiger partial charge in [0.1, 0.15) is 0 Å². The molecule has 3 heteroatoms. The van der Waals surface area contributed by atoms with Gasteiger partial charge in [-0.15, -0.1) is 13.2 Å². The summed E-state index contributed by atoms with van der Waals surface area (Å²) in [5.41, 5.74) is 0. The van der Waals surface area contributed by atoms with Crippen LogP contribution in [0.15, 0.2) is 25.3 Å². The molecule has 0 saturated heterocycles. The third kappa shape index (κ3) is 5.84. The smallest absolute Gasteiger partial charge is 0.0655 e.